The number of methoxy groups -OCH3 is 1. The van der Waals surface area contributed by atoms with Crippen LogP contribution in [0.1, 0.15) is 13.3 Å². The molecule has 50 valence electrons. The van der Waals surface area contributed by atoms with Crippen molar-refractivity contribution in [2.24, 2.45) is 0 Å². The molecule has 0 spiro atoms. The number of aliphatic hydroxyl groups is 2. The summed E-state index contributed by atoms with van der Waals surface area (Å²) in [6.45, 7) is 1.39. The second kappa shape index (κ2) is 3.02. The Kier molecular flexibility index (Phi) is 2.97. The van der Waals surface area contributed by atoms with Gasteiger partial charge in [0.25, 0.3) is 0 Å². The average Bonchev–Trinajstić information content (AvgIpc) is 1.87. The number of ether oxygens (including phenoxy) is 1. The van der Waals surface area contributed by atoms with Crippen LogP contribution >= 0.6 is 0 Å². The van der Waals surface area contributed by atoms with Gasteiger partial charge < -0.3 is 14.9 Å². The summed E-state index contributed by atoms with van der Waals surface area (Å²) in [5, 5.41) is 17.4. The highest BCUT2D eigenvalue weighted by Gasteiger charge is 2.21. The molecule has 0 rings (SSSR count). The van der Waals surface area contributed by atoms with Crippen molar-refractivity contribution in [2.45, 2.75) is 19.1 Å². The molecule has 0 saturated carbocycles. The highest BCUT2D eigenvalue weighted by molar-refractivity contribution is 4.59. The minimum atomic E-state index is -1.32. The molecule has 0 aliphatic rings. The second-order valence-corrected chi connectivity index (χ2v) is 1.66. The molecule has 0 aromatic rings. The van der Waals surface area contributed by atoms with Crippen molar-refractivity contribution in [2.75, 3.05) is 13.7 Å². The Balaban J connectivity index is 3.58. The maximum absolute atomic E-state index is 8.97. The molecule has 0 heterocycles. The van der Waals surface area contributed by atoms with Crippen LogP contribution in [0.15, 0.2) is 0 Å². The Hall–Kier alpha value is -0.120. The molecular weight excluding hydrogens is 108 g/mol. The van der Waals surface area contributed by atoms with E-state index in [0.717, 1.165) is 0 Å². The molecule has 2 N–H and O–H groups in total. The summed E-state index contributed by atoms with van der Waals surface area (Å²) >= 11 is 0. The van der Waals surface area contributed by atoms with Gasteiger partial charge in [-0.15, -0.1) is 0 Å². The van der Waals surface area contributed by atoms with Crippen molar-refractivity contribution in [3.63, 3.8) is 0 Å². The first-order valence-electron chi connectivity index (χ1n) is 2.57. The quantitative estimate of drug-likeness (QED) is 0.504. The van der Waals surface area contributed by atoms with Crippen molar-refractivity contribution < 1.29 is 14.9 Å². The van der Waals surface area contributed by atoms with Gasteiger partial charge >= 0.3 is 0 Å². The van der Waals surface area contributed by atoms with E-state index in [1.165, 1.54) is 7.11 Å². The molecule has 0 aliphatic carbocycles. The molecule has 0 aromatic heterocycles. The highest BCUT2D eigenvalue weighted by Crippen LogP contribution is 2.07. The standard InChI is InChI=1S/C5H12O3/c1-3-5(7,4-6)8-2/h6-7H,3-4H2,1-2H3. The van der Waals surface area contributed by atoms with Gasteiger partial charge in [0.1, 0.15) is 0 Å². The fourth-order valence-electron chi connectivity index (χ4n) is 0.321. The fraction of sp³-hybridized carbons (Fsp3) is 1.00. The third-order valence-corrected chi connectivity index (χ3v) is 1.18. The monoisotopic (exact) mass is 120 g/mol. The van der Waals surface area contributed by atoms with E-state index >= 15 is 0 Å². The molecule has 0 fully saturated rings. The number of aliphatic hydroxyl groups excluding tert-OH is 1. The van der Waals surface area contributed by atoms with Crippen LogP contribution in [0.4, 0.5) is 0 Å². The normalized spacial score (nSPS) is 18.0. The van der Waals surface area contributed by atoms with E-state index in [4.69, 9.17) is 10.2 Å². The van der Waals surface area contributed by atoms with E-state index in [1.807, 2.05) is 0 Å². The Bertz CT molecular complexity index is 50.4. The first-order valence-corrected chi connectivity index (χ1v) is 2.57. The predicted molar refractivity (Wildman–Crippen MR) is 29.3 cm³/mol. The van der Waals surface area contributed by atoms with Crippen LogP contribution in [0, 0.1) is 0 Å². The van der Waals surface area contributed by atoms with Crippen LogP contribution in [0.2, 0.25) is 0 Å². The van der Waals surface area contributed by atoms with Crippen molar-refractivity contribution in [3.8, 4) is 0 Å². The van der Waals surface area contributed by atoms with E-state index in [-0.39, 0.29) is 6.61 Å². The summed E-state index contributed by atoms with van der Waals surface area (Å²) in [7, 11) is 1.36. The Morgan fingerprint density at radius 2 is 2.12 bits per heavy atom. The molecule has 3 heteroatoms. The first kappa shape index (κ1) is 7.88. The van der Waals surface area contributed by atoms with Crippen molar-refractivity contribution in [3.05, 3.63) is 0 Å². The molecule has 0 aliphatic heterocycles. The van der Waals surface area contributed by atoms with E-state index < -0.39 is 5.79 Å². The zero-order chi connectivity index (χ0) is 6.62. The smallest absolute Gasteiger partial charge is 0.188 e. The highest BCUT2D eigenvalue weighted by atomic mass is 16.6. The lowest BCUT2D eigenvalue weighted by atomic mass is 10.2. The number of hydrogen-bond acceptors (Lipinski definition) is 3. The lowest BCUT2D eigenvalue weighted by Gasteiger charge is -2.21. The molecule has 0 radical (unpaired) electrons. The van der Waals surface area contributed by atoms with Gasteiger partial charge in [-0.05, 0) is 0 Å². The van der Waals surface area contributed by atoms with Crippen LogP contribution in [0.5, 0.6) is 0 Å². The molecule has 0 saturated heterocycles. The molecule has 3 nitrogen and oxygen atoms in total. The number of rotatable bonds is 3. The van der Waals surface area contributed by atoms with Crippen LogP contribution in [-0.2, 0) is 4.74 Å². The van der Waals surface area contributed by atoms with E-state index in [1.54, 1.807) is 6.92 Å². The van der Waals surface area contributed by atoms with Crippen LogP contribution in [-0.4, -0.2) is 29.7 Å². The maximum atomic E-state index is 8.97. The molecular formula is C5H12O3. The summed E-state index contributed by atoms with van der Waals surface area (Å²) in [6, 6.07) is 0. The van der Waals surface area contributed by atoms with Gasteiger partial charge in [-0.3, -0.25) is 0 Å². The Morgan fingerprint density at radius 3 is 2.12 bits per heavy atom. The summed E-state index contributed by atoms with van der Waals surface area (Å²) in [5.41, 5.74) is 0. The Morgan fingerprint density at radius 1 is 1.62 bits per heavy atom. The predicted octanol–water partition coefficient (Wildman–Crippen LogP) is -0.276. The minimum Gasteiger partial charge on any atom is -0.391 e. The summed E-state index contributed by atoms with van der Waals surface area (Å²) in [4.78, 5) is 0. The van der Waals surface area contributed by atoms with E-state index in [9.17, 15) is 0 Å². The van der Waals surface area contributed by atoms with Gasteiger partial charge in [0.05, 0.1) is 6.61 Å². The molecule has 1 unspecified atom stereocenters. The average molecular weight is 120 g/mol. The minimum absolute atomic E-state index is 0.347. The SMILES string of the molecule is CCC(O)(CO)OC. The third-order valence-electron chi connectivity index (χ3n) is 1.18. The lowest BCUT2D eigenvalue weighted by molar-refractivity contribution is -0.208. The van der Waals surface area contributed by atoms with Crippen molar-refractivity contribution in [1.29, 1.82) is 0 Å². The molecule has 1 atom stereocenters. The summed E-state index contributed by atoms with van der Waals surface area (Å²) in [5.74, 6) is -1.32. The second-order valence-electron chi connectivity index (χ2n) is 1.66. The lowest BCUT2D eigenvalue weighted by Crippen LogP contribution is -2.34. The van der Waals surface area contributed by atoms with E-state index in [2.05, 4.69) is 4.74 Å². The summed E-state index contributed by atoms with van der Waals surface area (Å²) < 4.78 is 4.54. The van der Waals surface area contributed by atoms with Gasteiger partial charge in [0.15, 0.2) is 5.79 Å². The van der Waals surface area contributed by atoms with Gasteiger partial charge in [0, 0.05) is 13.5 Å². The maximum Gasteiger partial charge on any atom is 0.188 e. The molecule has 0 bridgehead atoms. The molecule has 0 amide bonds. The fourth-order valence-corrected chi connectivity index (χ4v) is 0.321. The van der Waals surface area contributed by atoms with Gasteiger partial charge in [0.2, 0.25) is 0 Å². The number of hydrogen-bond donors (Lipinski definition) is 2. The third kappa shape index (κ3) is 1.78. The van der Waals surface area contributed by atoms with Crippen molar-refractivity contribution >= 4 is 0 Å². The topological polar surface area (TPSA) is 49.7 Å². The van der Waals surface area contributed by atoms with Crippen molar-refractivity contribution in [1.82, 2.24) is 0 Å². The van der Waals surface area contributed by atoms with Gasteiger partial charge in [-0.2, -0.15) is 0 Å². The van der Waals surface area contributed by atoms with Crippen LogP contribution in [0.3, 0.4) is 0 Å². The zero-order valence-electron chi connectivity index (χ0n) is 5.22. The summed E-state index contributed by atoms with van der Waals surface area (Å²) in [6.07, 6.45) is 0.403. The van der Waals surface area contributed by atoms with Gasteiger partial charge in [-0.1, -0.05) is 6.92 Å². The van der Waals surface area contributed by atoms with Gasteiger partial charge in [-0.25, -0.2) is 0 Å². The van der Waals surface area contributed by atoms with E-state index in [0.29, 0.717) is 6.42 Å². The first-order chi connectivity index (χ1) is 3.68. The molecule has 8 heavy (non-hydrogen) atoms. The van der Waals surface area contributed by atoms with Crippen LogP contribution in [0.25, 0.3) is 0 Å². The van der Waals surface area contributed by atoms with Crippen LogP contribution < -0.4 is 0 Å². The molecule has 0 aromatic carbocycles. The zero-order valence-corrected chi connectivity index (χ0v) is 5.22. The largest absolute Gasteiger partial charge is 0.391 e. The Labute approximate surface area is 48.9 Å².